The fraction of sp³-hybridized carbons (Fsp3) is 0.283. The molecule has 342 valence electrons. The summed E-state index contributed by atoms with van der Waals surface area (Å²) >= 11 is -2.04. The molecule has 7 heteroatoms. The van der Waals surface area contributed by atoms with Crippen LogP contribution in [0.5, 0.6) is 0 Å². The predicted molar refractivity (Wildman–Crippen MR) is 278 cm³/mol. The molecule has 67 heavy (non-hydrogen) atoms. The van der Waals surface area contributed by atoms with Crippen LogP contribution in [0.2, 0.25) is 17.3 Å². The predicted octanol–water partition coefficient (Wildman–Crippen LogP) is 17.1. The van der Waals surface area contributed by atoms with Crippen molar-refractivity contribution in [3.8, 4) is 28.3 Å². The summed E-state index contributed by atoms with van der Waals surface area (Å²) in [7, 11) is 0. The Morgan fingerprint density at radius 3 is 2.24 bits per heavy atom. The Bertz CT molecular complexity index is 3480. The minimum Gasteiger partial charge on any atom is -0.501 e. The number of benzene rings is 7. The third-order valence-corrected chi connectivity index (χ3v) is 16.1. The Labute approximate surface area is 427 Å². The summed E-state index contributed by atoms with van der Waals surface area (Å²) < 4.78 is 97.3. The van der Waals surface area contributed by atoms with Gasteiger partial charge < -0.3 is 4.42 Å². The van der Waals surface area contributed by atoms with Gasteiger partial charge in [0.05, 0.1) is 18.6 Å². The summed E-state index contributed by atoms with van der Waals surface area (Å²) in [6.45, 7) is 8.75. The van der Waals surface area contributed by atoms with Gasteiger partial charge in [-0.2, -0.15) is 5.26 Å². The van der Waals surface area contributed by atoms with Crippen molar-refractivity contribution in [3.05, 3.63) is 184 Å². The molecule has 7 aromatic carbocycles. The van der Waals surface area contributed by atoms with Gasteiger partial charge >= 0.3 is 216 Å². The van der Waals surface area contributed by atoms with Crippen LogP contribution in [-0.4, -0.2) is 13.3 Å². The first-order valence-electron chi connectivity index (χ1n) is 26.9. The molecular weight excluding hydrogens is 1060 g/mol. The molecule has 1 atom stereocenters. The van der Waals surface area contributed by atoms with Crippen LogP contribution < -0.4 is 9.30 Å². The second kappa shape index (κ2) is 19.6. The molecule has 0 amide bonds. The maximum absolute atomic E-state index is 13.7. The summed E-state index contributed by atoms with van der Waals surface area (Å²) in [5.41, 5.74) is 7.90. The standard InChI is InChI=1S/C32H28NO.C28H33FGeN2.Ir/c1-20-9-12-24(17-29(20)25-13-10-22(15-21(25)2)18-32(3,4)5)26-7-6-8-28-27-14-11-23(19-33)16-30(27)34-31(26)28;1-18(2)23-16-22(30(5,6)7)17-24(19(3)4)27(23)32-26-11-9-8-10-25(26)31-28(32)20-12-14-21(29)15-13-20;/h6,8-17H,18H2,1-5H3;8-12,14-19,28H,1-7H3;/q-1;-2;+3/i1D3,2D3,13D,18D2;;. The van der Waals surface area contributed by atoms with E-state index in [1.807, 2.05) is 18.2 Å². The summed E-state index contributed by atoms with van der Waals surface area (Å²) in [4.78, 5) is 2.36. The molecule has 0 radical (unpaired) electrons. The van der Waals surface area contributed by atoms with Gasteiger partial charge in [-0.25, -0.2) is 0 Å². The number of hydrogen-bond donors (Lipinski definition) is 0. The second-order valence-corrected chi connectivity index (χ2v) is 30.4. The Kier molecular flexibility index (Phi) is 11.3. The third-order valence-electron chi connectivity index (χ3n) is 11.8. The van der Waals surface area contributed by atoms with E-state index >= 15 is 0 Å². The van der Waals surface area contributed by atoms with Gasteiger partial charge in [-0.1, -0.05) is 74.2 Å². The van der Waals surface area contributed by atoms with Crippen LogP contribution in [0.4, 0.5) is 21.5 Å². The molecule has 4 nitrogen and oxygen atoms in total. The Morgan fingerprint density at radius 1 is 0.866 bits per heavy atom. The minimum absolute atomic E-state index is 0. The van der Waals surface area contributed by atoms with Crippen LogP contribution >= 0.6 is 0 Å². The normalized spacial score (nSPS) is 16.1. The number of rotatable bonds is 8. The maximum atomic E-state index is 13.7. The first kappa shape index (κ1) is 38.5. The number of nitrogens with zero attached hydrogens (tertiary/aromatic N) is 3. The number of furan rings is 1. The number of hydrogen-bond acceptors (Lipinski definition) is 3. The summed E-state index contributed by atoms with van der Waals surface area (Å²) in [6, 6.07) is 41.7. The fourth-order valence-electron chi connectivity index (χ4n) is 8.56. The monoisotopic (exact) mass is 1130 g/mol. The number of anilines is 2. The molecule has 9 rings (SSSR count). The summed E-state index contributed by atoms with van der Waals surface area (Å²) in [6.07, 6.45) is -2.24. The number of fused-ring (bicyclic) bond motifs is 4. The Hall–Kier alpha value is -5.45. The molecular formula is C60H61FGeIrN3O. The summed E-state index contributed by atoms with van der Waals surface area (Å²) in [5.74, 6) is 7.85. The van der Waals surface area contributed by atoms with Gasteiger partial charge in [0, 0.05) is 16.4 Å². The van der Waals surface area contributed by atoms with Crippen molar-refractivity contribution in [2.45, 2.75) is 104 Å². The van der Waals surface area contributed by atoms with Crippen molar-refractivity contribution in [1.29, 1.82) is 5.26 Å². The zero-order chi connectivity index (χ0) is 54.9. The van der Waals surface area contributed by atoms with Gasteiger partial charge in [0.25, 0.3) is 0 Å². The third kappa shape index (κ3) is 10.4. The van der Waals surface area contributed by atoms with Crippen molar-refractivity contribution >= 4 is 56.7 Å². The first-order valence-corrected chi connectivity index (χ1v) is 29.8. The number of para-hydroxylation sites is 2. The van der Waals surface area contributed by atoms with Crippen LogP contribution in [0.3, 0.4) is 0 Å². The molecule has 1 unspecified atom stereocenters. The molecule has 0 N–H and O–H groups in total. The molecule has 1 aromatic heterocycles. The zero-order valence-electron chi connectivity index (χ0n) is 48.7. The molecule has 0 saturated carbocycles. The van der Waals surface area contributed by atoms with Crippen LogP contribution in [0.1, 0.15) is 118 Å². The minimum atomic E-state index is -2.78. The smallest absolute Gasteiger partial charge is 0.501 e. The largest absolute Gasteiger partial charge is 3.00 e. The average Bonchev–Trinajstić information content (AvgIpc) is 3.90. The van der Waals surface area contributed by atoms with E-state index in [0.717, 1.165) is 27.7 Å². The van der Waals surface area contributed by atoms with Crippen molar-refractivity contribution in [1.82, 2.24) is 0 Å². The molecule has 0 spiro atoms. The van der Waals surface area contributed by atoms with E-state index in [0.29, 0.717) is 39.7 Å². The number of halogens is 1. The van der Waals surface area contributed by atoms with E-state index < -0.39 is 38.8 Å². The van der Waals surface area contributed by atoms with Crippen molar-refractivity contribution in [3.63, 3.8) is 0 Å². The Morgan fingerprint density at radius 2 is 1.60 bits per heavy atom. The van der Waals surface area contributed by atoms with Crippen LogP contribution in [0.25, 0.3) is 49.5 Å². The van der Waals surface area contributed by atoms with Crippen LogP contribution in [0.15, 0.2) is 126 Å². The van der Waals surface area contributed by atoms with Crippen molar-refractivity contribution in [2.75, 3.05) is 4.90 Å². The molecule has 1 aliphatic rings. The SMILES string of the molecule is CC(C)c1c[c]([Ge]([CH3])([CH3])[CH3])cc(C(C)C)c1N1c2ccccc2[N-]C1c1[c-]cc(F)cc1.[2H]c1cc(C([2H])([2H])C(C)(C)C)cc(C([2H])([2H])[2H])c1-c1cc(-c2[c-]ccc3c2oc2cc(C#N)ccc23)ccc1C([2H])([2H])[2H].[Ir+3]. The first-order chi connectivity index (χ1) is 34.9. The topological polar surface area (TPSA) is 54.3 Å². The molecule has 0 bridgehead atoms. The molecule has 0 aliphatic carbocycles. The quantitative estimate of drug-likeness (QED) is 0.113. The second-order valence-electron chi connectivity index (χ2n) is 19.7. The van der Waals surface area contributed by atoms with Gasteiger partial charge in [0.15, 0.2) is 0 Å². The summed E-state index contributed by atoms with van der Waals surface area (Å²) in [5, 5.41) is 15.9. The van der Waals surface area contributed by atoms with Crippen molar-refractivity contribution in [2.24, 2.45) is 5.41 Å². The van der Waals surface area contributed by atoms with Gasteiger partial charge in [-0.05, 0) is 65.4 Å². The number of aryl methyl sites for hydroxylation is 2. The molecule has 2 heterocycles. The van der Waals surface area contributed by atoms with Gasteiger partial charge in [0.1, 0.15) is 5.58 Å². The maximum Gasteiger partial charge on any atom is 3.00 e. The molecule has 8 aromatic rings. The van der Waals surface area contributed by atoms with Crippen molar-refractivity contribution < 1.29 is 41.2 Å². The van der Waals surface area contributed by atoms with Crippen LogP contribution in [-0.2, 0) is 26.5 Å². The fourth-order valence-corrected chi connectivity index (χ4v) is 11.0. The molecule has 0 fully saturated rings. The van der Waals surface area contributed by atoms with E-state index in [4.69, 9.17) is 22.1 Å². The zero-order valence-corrected chi connectivity index (χ0v) is 44.2. The van der Waals surface area contributed by atoms with E-state index in [1.165, 1.54) is 57.6 Å². The van der Waals surface area contributed by atoms with E-state index in [-0.39, 0.29) is 65.9 Å². The number of nitriles is 1. The van der Waals surface area contributed by atoms with Crippen LogP contribution in [0, 0.1) is 48.4 Å². The Balaban J connectivity index is 0.000000228. The van der Waals surface area contributed by atoms with Gasteiger partial charge in [-0.15, -0.1) is 23.8 Å². The average molecular weight is 1130 g/mol. The molecule has 0 saturated heterocycles. The molecule has 1 aliphatic heterocycles. The van der Waals surface area contributed by atoms with Gasteiger partial charge in [0.2, 0.25) is 0 Å². The van der Waals surface area contributed by atoms with Gasteiger partial charge in [-0.3, -0.25) is 0 Å². The van der Waals surface area contributed by atoms with E-state index in [9.17, 15) is 9.65 Å². The van der Waals surface area contributed by atoms with E-state index in [2.05, 4.69) is 98.4 Å². The van der Waals surface area contributed by atoms with E-state index in [1.54, 1.807) is 51.1 Å².